The van der Waals surface area contributed by atoms with Crippen LogP contribution in [0.4, 0.5) is 4.79 Å². The number of carbonyl (C=O) groups is 1. The Morgan fingerprint density at radius 2 is 1.82 bits per heavy atom. The zero-order valence-electron chi connectivity index (χ0n) is 11.1. The Balaban J connectivity index is 1.98. The number of hydrogen-bond donors (Lipinski definition) is 1. The van der Waals surface area contributed by atoms with Crippen LogP contribution < -0.4 is 5.32 Å². The molecule has 2 saturated heterocycles. The smallest absolute Gasteiger partial charge is 0.317 e. The number of urea groups is 1. The molecule has 4 nitrogen and oxygen atoms in total. The summed E-state index contributed by atoms with van der Waals surface area (Å²) in [6.45, 7) is 3.31. The molecule has 0 spiro atoms. The fourth-order valence-corrected chi connectivity index (χ4v) is 3.26. The van der Waals surface area contributed by atoms with Gasteiger partial charge in [-0.2, -0.15) is 0 Å². The summed E-state index contributed by atoms with van der Waals surface area (Å²) in [4.78, 5) is 16.4. The lowest BCUT2D eigenvalue weighted by molar-refractivity contribution is 0.0869. The first kappa shape index (κ1) is 12.7. The second-order valence-electron chi connectivity index (χ2n) is 5.45. The number of rotatable bonds is 1. The molecule has 2 aliphatic heterocycles. The molecule has 4 heteroatoms. The molecule has 2 amide bonds. The molecule has 98 valence electrons. The molecule has 0 bridgehead atoms. The molecule has 0 radical (unpaired) electrons. The van der Waals surface area contributed by atoms with Crippen LogP contribution in [0.2, 0.25) is 0 Å². The standard InChI is InChI=1S/C13H25N3O/c1-14-13(17)16-8-4-3-5-12(16)11-6-9-15(2)10-7-11/h11-12H,3-10H2,1-2H3,(H,14,17). The lowest BCUT2D eigenvalue weighted by Gasteiger charge is -2.42. The van der Waals surface area contributed by atoms with Crippen molar-refractivity contribution in [3.05, 3.63) is 0 Å². The maximum Gasteiger partial charge on any atom is 0.317 e. The topological polar surface area (TPSA) is 35.6 Å². The third-order valence-corrected chi connectivity index (χ3v) is 4.33. The van der Waals surface area contributed by atoms with E-state index in [9.17, 15) is 4.79 Å². The van der Waals surface area contributed by atoms with Gasteiger partial charge in [0.2, 0.25) is 0 Å². The summed E-state index contributed by atoms with van der Waals surface area (Å²) in [7, 11) is 3.93. The Kier molecular flexibility index (Phi) is 4.26. The van der Waals surface area contributed by atoms with Crippen LogP contribution in [0.3, 0.4) is 0 Å². The SMILES string of the molecule is CNC(=O)N1CCCCC1C1CCN(C)CC1. The number of carbonyl (C=O) groups excluding carboxylic acids is 1. The van der Waals surface area contributed by atoms with Gasteiger partial charge in [0.15, 0.2) is 0 Å². The quantitative estimate of drug-likeness (QED) is 0.753. The van der Waals surface area contributed by atoms with Gasteiger partial charge in [-0.25, -0.2) is 4.79 Å². The molecule has 0 aliphatic carbocycles. The average Bonchev–Trinajstić information content (AvgIpc) is 2.39. The molecule has 17 heavy (non-hydrogen) atoms. The summed E-state index contributed by atoms with van der Waals surface area (Å²) in [5.41, 5.74) is 0. The van der Waals surface area contributed by atoms with E-state index < -0.39 is 0 Å². The van der Waals surface area contributed by atoms with Crippen molar-refractivity contribution in [1.82, 2.24) is 15.1 Å². The van der Waals surface area contributed by atoms with E-state index in [-0.39, 0.29) is 6.03 Å². The summed E-state index contributed by atoms with van der Waals surface area (Å²) in [5, 5.41) is 2.79. The third kappa shape index (κ3) is 2.92. The summed E-state index contributed by atoms with van der Waals surface area (Å²) in [5.74, 6) is 0.712. The molecule has 2 aliphatic rings. The van der Waals surface area contributed by atoms with Gasteiger partial charge in [-0.3, -0.25) is 0 Å². The number of nitrogens with zero attached hydrogens (tertiary/aromatic N) is 2. The first-order valence-corrected chi connectivity index (χ1v) is 6.89. The monoisotopic (exact) mass is 239 g/mol. The highest BCUT2D eigenvalue weighted by atomic mass is 16.2. The maximum atomic E-state index is 11.9. The van der Waals surface area contributed by atoms with Crippen LogP contribution in [0, 0.1) is 5.92 Å². The van der Waals surface area contributed by atoms with E-state index in [1.165, 1.54) is 38.8 Å². The fraction of sp³-hybridized carbons (Fsp3) is 0.923. The molecule has 0 saturated carbocycles. The van der Waals surface area contributed by atoms with E-state index in [0.717, 1.165) is 13.0 Å². The summed E-state index contributed by atoms with van der Waals surface area (Å²) in [6.07, 6.45) is 6.13. The van der Waals surface area contributed by atoms with Crippen LogP contribution in [-0.4, -0.2) is 55.6 Å². The zero-order valence-corrected chi connectivity index (χ0v) is 11.1. The highest BCUT2D eigenvalue weighted by Gasteiger charge is 2.33. The molecule has 1 atom stereocenters. The molecule has 1 unspecified atom stereocenters. The van der Waals surface area contributed by atoms with Crippen LogP contribution in [0.25, 0.3) is 0 Å². The predicted octanol–water partition coefficient (Wildman–Crippen LogP) is 1.52. The molecule has 2 heterocycles. The minimum Gasteiger partial charge on any atom is -0.341 e. The number of amides is 2. The first-order valence-electron chi connectivity index (χ1n) is 6.89. The van der Waals surface area contributed by atoms with Crippen molar-refractivity contribution in [2.45, 2.75) is 38.1 Å². The van der Waals surface area contributed by atoms with Crippen molar-refractivity contribution in [3.63, 3.8) is 0 Å². The predicted molar refractivity (Wildman–Crippen MR) is 69.0 cm³/mol. The molecule has 1 N–H and O–H groups in total. The van der Waals surface area contributed by atoms with Crippen molar-refractivity contribution in [2.24, 2.45) is 5.92 Å². The average molecular weight is 239 g/mol. The fourth-order valence-electron chi connectivity index (χ4n) is 3.26. The number of likely N-dealkylation sites (tertiary alicyclic amines) is 2. The summed E-state index contributed by atoms with van der Waals surface area (Å²) >= 11 is 0. The van der Waals surface area contributed by atoms with Gasteiger partial charge >= 0.3 is 6.03 Å². The highest BCUT2D eigenvalue weighted by Crippen LogP contribution is 2.30. The van der Waals surface area contributed by atoms with Gasteiger partial charge in [-0.05, 0) is 58.2 Å². The normalized spacial score (nSPS) is 28.1. The van der Waals surface area contributed by atoms with Gasteiger partial charge in [0.05, 0.1) is 0 Å². The maximum absolute atomic E-state index is 11.9. The van der Waals surface area contributed by atoms with Crippen molar-refractivity contribution >= 4 is 6.03 Å². The lowest BCUT2D eigenvalue weighted by Crippen LogP contribution is -2.52. The second-order valence-corrected chi connectivity index (χ2v) is 5.45. The van der Waals surface area contributed by atoms with Crippen LogP contribution in [0.5, 0.6) is 0 Å². The van der Waals surface area contributed by atoms with Gasteiger partial charge in [-0.1, -0.05) is 0 Å². The first-order chi connectivity index (χ1) is 8.22. The molecule has 0 aromatic heterocycles. The van der Waals surface area contributed by atoms with Crippen molar-refractivity contribution in [2.75, 3.05) is 33.7 Å². The zero-order chi connectivity index (χ0) is 12.3. The van der Waals surface area contributed by atoms with Crippen LogP contribution in [0.15, 0.2) is 0 Å². The largest absolute Gasteiger partial charge is 0.341 e. The molecular weight excluding hydrogens is 214 g/mol. The highest BCUT2D eigenvalue weighted by molar-refractivity contribution is 5.74. The third-order valence-electron chi connectivity index (χ3n) is 4.33. The minimum atomic E-state index is 0.119. The van der Waals surface area contributed by atoms with Crippen molar-refractivity contribution < 1.29 is 4.79 Å². The Morgan fingerprint density at radius 1 is 1.12 bits per heavy atom. The Morgan fingerprint density at radius 3 is 2.47 bits per heavy atom. The Labute approximate surface area is 104 Å². The van der Waals surface area contributed by atoms with Gasteiger partial charge in [0.25, 0.3) is 0 Å². The Bertz CT molecular complexity index is 261. The molecule has 0 aromatic carbocycles. The lowest BCUT2D eigenvalue weighted by atomic mass is 9.84. The summed E-state index contributed by atoms with van der Waals surface area (Å²) < 4.78 is 0. The molecule has 2 fully saturated rings. The van der Waals surface area contributed by atoms with E-state index in [1.807, 2.05) is 0 Å². The minimum absolute atomic E-state index is 0.119. The number of nitrogens with one attached hydrogen (secondary N) is 1. The van der Waals surface area contributed by atoms with E-state index >= 15 is 0 Å². The van der Waals surface area contributed by atoms with Crippen molar-refractivity contribution in [3.8, 4) is 0 Å². The van der Waals surface area contributed by atoms with E-state index in [0.29, 0.717) is 12.0 Å². The van der Waals surface area contributed by atoms with E-state index in [2.05, 4.69) is 22.2 Å². The van der Waals surface area contributed by atoms with E-state index in [4.69, 9.17) is 0 Å². The molecule has 2 rings (SSSR count). The number of hydrogen-bond acceptors (Lipinski definition) is 2. The van der Waals surface area contributed by atoms with Gasteiger partial charge in [0, 0.05) is 19.6 Å². The van der Waals surface area contributed by atoms with Crippen LogP contribution in [-0.2, 0) is 0 Å². The molecular formula is C13H25N3O. The van der Waals surface area contributed by atoms with Crippen LogP contribution >= 0.6 is 0 Å². The van der Waals surface area contributed by atoms with Gasteiger partial charge in [0.1, 0.15) is 0 Å². The number of piperidine rings is 2. The second kappa shape index (κ2) is 5.71. The molecule has 0 aromatic rings. The van der Waals surface area contributed by atoms with Gasteiger partial charge in [-0.15, -0.1) is 0 Å². The van der Waals surface area contributed by atoms with Crippen molar-refractivity contribution in [1.29, 1.82) is 0 Å². The van der Waals surface area contributed by atoms with Crippen LogP contribution in [0.1, 0.15) is 32.1 Å². The summed E-state index contributed by atoms with van der Waals surface area (Å²) in [6, 6.07) is 0.603. The Hall–Kier alpha value is -0.770. The van der Waals surface area contributed by atoms with E-state index in [1.54, 1.807) is 7.05 Å². The van der Waals surface area contributed by atoms with Gasteiger partial charge < -0.3 is 15.1 Å².